The van der Waals surface area contributed by atoms with E-state index in [2.05, 4.69) is 0 Å². The molecule has 5 heteroatoms. The molecule has 2 aromatic rings. The van der Waals surface area contributed by atoms with Gasteiger partial charge < -0.3 is 4.90 Å². The molecule has 2 rings (SSSR count). The first kappa shape index (κ1) is 14.5. The zero-order chi connectivity index (χ0) is 14.7. The van der Waals surface area contributed by atoms with E-state index in [0.717, 1.165) is 4.90 Å². The Balaban J connectivity index is 2.36. The monoisotopic (exact) mass is 293 g/mol. The molecule has 2 aromatic carbocycles. The van der Waals surface area contributed by atoms with Crippen molar-refractivity contribution in [1.29, 1.82) is 0 Å². The summed E-state index contributed by atoms with van der Waals surface area (Å²) in [6.45, 7) is 0. The minimum Gasteiger partial charge on any atom is -0.345 e. The van der Waals surface area contributed by atoms with E-state index in [9.17, 15) is 13.6 Å². The highest BCUT2D eigenvalue weighted by Crippen LogP contribution is 2.31. The van der Waals surface area contributed by atoms with E-state index in [-0.39, 0.29) is 11.7 Å². The molecule has 0 aliphatic heterocycles. The molecule has 0 heterocycles. The van der Waals surface area contributed by atoms with Crippen molar-refractivity contribution >= 4 is 17.7 Å². The molecule has 20 heavy (non-hydrogen) atoms. The van der Waals surface area contributed by atoms with E-state index >= 15 is 0 Å². The minimum absolute atomic E-state index is 0.269. The first-order chi connectivity index (χ1) is 9.47. The van der Waals surface area contributed by atoms with Crippen LogP contribution in [0.25, 0.3) is 0 Å². The summed E-state index contributed by atoms with van der Waals surface area (Å²) in [5, 5.41) is 0. The van der Waals surface area contributed by atoms with Gasteiger partial charge in [-0.3, -0.25) is 4.79 Å². The fourth-order valence-corrected chi connectivity index (χ4v) is 2.55. The van der Waals surface area contributed by atoms with Gasteiger partial charge in [0, 0.05) is 23.9 Å². The largest absolute Gasteiger partial charge is 0.345 e. The standard InChI is InChI=1S/C15H13F2NOS/c1-18(2)15(19)13-9-11(17)5-8-14(13)20-12-6-3-10(16)4-7-12/h3-9H,1-2H3. The van der Waals surface area contributed by atoms with E-state index in [1.807, 2.05) is 0 Å². The molecule has 0 aromatic heterocycles. The molecule has 0 fully saturated rings. The lowest BCUT2D eigenvalue weighted by atomic mass is 10.2. The number of carbonyl (C=O) groups is 1. The predicted octanol–water partition coefficient (Wildman–Crippen LogP) is 3.82. The second kappa shape index (κ2) is 6.05. The SMILES string of the molecule is CN(C)C(=O)c1cc(F)ccc1Sc1ccc(F)cc1. The lowest BCUT2D eigenvalue weighted by Gasteiger charge is -2.14. The van der Waals surface area contributed by atoms with Crippen molar-refractivity contribution < 1.29 is 13.6 Å². The van der Waals surface area contributed by atoms with Crippen LogP contribution in [-0.2, 0) is 0 Å². The number of hydrogen-bond acceptors (Lipinski definition) is 2. The van der Waals surface area contributed by atoms with E-state index in [4.69, 9.17) is 0 Å². The molecular formula is C15H13F2NOS. The van der Waals surface area contributed by atoms with Gasteiger partial charge >= 0.3 is 0 Å². The van der Waals surface area contributed by atoms with Gasteiger partial charge in [0.1, 0.15) is 11.6 Å². The number of amides is 1. The van der Waals surface area contributed by atoms with Gasteiger partial charge in [-0.15, -0.1) is 0 Å². The number of rotatable bonds is 3. The quantitative estimate of drug-likeness (QED) is 0.857. The van der Waals surface area contributed by atoms with Gasteiger partial charge in [-0.25, -0.2) is 8.78 Å². The Hall–Kier alpha value is -1.88. The molecule has 0 aliphatic rings. The predicted molar refractivity (Wildman–Crippen MR) is 74.9 cm³/mol. The fourth-order valence-electron chi connectivity index (χ4n) is 1.63. The summed E-state index contributed by atoms with van der Waals surface area (Å²) in [5.74, 6) is -1.05. The maximum atomic E-state index is 13.3. The van der Waals surface area contributed by atoms with Crippen LogP contribution in [-0.4, -0.2) is 24.9 Å². The smallest absolute Gasteiger partial charge is 0.254 e. The van der Waals surface area contributed by atoms with Crippen LogP contribution < -0.4 is 0 Å². The number of hydrogen-bond donors (Lipinski definition) is 0. The van der Waals surface area contributed by atoms with Gasteiger partial charge in [0.25, 0.3) is 5.91 Å². The van der Waals surface area contributed by atoms with Crippen LogP contribution in [0.5, 0.6) is 0 Å². The zero-order valence-corrected chi connectivity index (χ0v) is 11.9. The Morgan fingerprint density at radius 1 is 1.00 bits per heavy atom. The molecule has 0 saturated carbocycles. The molecule has 1 amide bonds. The van der Waals surface area contributed by atoms with Crippen LogP contribution in [0.4, 0.5) is 8.78 Å². The van der Waals surface area contributed by atoms with Crippen LogP contribution in [0.2, 0.25) is 0 Å². The molecular weight excluding hydrogens is 280 g/mol. The van der Waals surface area contributed by atoms with E-state index < -0.39 is 5.82 Å². The van der Waals surface area contributed by atoms with Crippen molar-refractivity contribution in [3.63, 3.8) is 0 Å². The zero-order valence-electron chi connectivity index (χ0n) is 11.1. The fraction of sp³-hybridized carbons (Fsp3) is 0.133. The van der Waals surface area contributed by atoms with Crippen molar-refractivity contribution in [2.24, 2.45) is 0 Å². The van der Waals surface area contributed by atoms with Crippen molar-refractivity contribution in [3.8, 4) is 0 Å². The molecule has 0 spiro atoms. The van der Waals surface area contributed by atoms with Gasteiger partial charge in [-0.2, -0.15) is 0 Å². The molecule has 0 N–H and O–H groups in total. The van der Waals surface area contributed by atoms with Crippen molar-refractivity contribution in [2.75, 3.05) is 14.1 Å². The molecule has 2 nitrogen and oxygen atoms in total. The van der Waals surface area contributed by atoms with Crippen LogP contribution in [0, 0.1) is 11.6 Å². The number of benzene rings is 2. The summed E-state index contributed by atoms with van der Waals surface area (Å²) in [4.78, 5) is 14.9. The third kappa shape index (κ3) is 3.36. The average Bonchev–Trinajstić information content (AvgIpc) is 2.42. The summed E-state index contributed by atoms with van der Waals surface area (Å²) in [5.41, 5.74) is 0.296. The van der Waals surface area contributed by atoms with Crippen LogP contribution in [0.15, 0.2) is 52.3 Å². The van der Waals surface area contributed by atoms with E-state index in [0.29, 0.717) is 10.5 Å². The average molecular weight is 293 g/mol. The molecule has 104 valence electrons. The summed E-state index contributed by atoms with van der Waals surface area (Å²) in [6.07, 6.45) is 0. The Bertz CT molecular complexity index is 626. The summed E-state index contributed by atoms with van der Waals surface area (Å²) in [6, 6.07) is 10.0. The third-order valence-electron chi connectivity index (χ3n) is 2.62. The lowest BCUT2D eigenvalue weighted by Crippen LogP contribution is -2.22. The highest BCUT2D eigenvalue weighted by molar-refractivity contribution is 7.99. The summed E-state index contributed by atoms with van der Waals surface area (Å²) < 4.78 is 26.2. The van der Waals surface area contributed by atoms with Gasteiger partial charge in [0.05, 0.1) is 5.56 Å². The Morgan fingerprint density at radius 3 is 2.20 bits per heavy atom. The first-order valence-corrected chi connectivity index (χ1v) is 6.73. The van der Waals surface area contributed by atoms with Gasteiger partial charge in [-0.05, 0) is 42.5 Å². The van der Waals surface area contributed by atoms with Gasteiger partial charge in [-0.1, -0.05) is 11.8 Å². The molecule has 0 aliphatic carbocycles. The van der Waals surface area contributed by atoms with Crippen molar-refractivity contribution in [1.82, 2.24) is 4.90 Å². The van der Waals surface area contributed by atoms with Crippen LogP contribution >= 0.6 is 11.8 Å². The van der Waals surface area contributed by atoms with Crippen molar-refractivity contribution in [2.45, 2.75) is 9.79 Å². The number of carbonyl (C=O) groups excluding carboxylic acids is 1. The molecule has 0 atom stereocenters. The summed E-state index contributed by atoms with van der Waals surface area (Å²) >= 11 is 1.30. The van der Waals surface area contributed by atoms with Crippen LogP contribution in [0.1, 0.15) is 10.4 Å². The maximum absolute atomic E-state index is 13.3. The van der Waals surface area contributed by atoms with Crippen molar-refractivity contribution in [3.05, 3.63) is 59.7 Å². The molecule has 0 unspecified atom stereocenters. The number of halogens is 2. The minimum atomic E-state index is -0.460. The maximum Gasteiger partial charge on any atom is 0.254 e. The third-order valence-corrected chi connectivity index (χ3v) is 3.70. The first-order valence-electron chi connectivity index (χ1n) is 5.92. The second-order valence-electron chi connectivity index (χ2n) is 4.40. The topological polar surface area (TPSA) is 20.3 Å². The highest BCUT2D eigenvalue weighted by Gasteiger charge is 2.15. The normalized spacial score (nSPS) is 10.4. The molecule has 0 radical (unpaired) electrons. The van der Waals surface area contributed by atoms with Gasteiger partial charge in [0.2, 0.25) is 0 Å². The highest BCUT2D eigenvalue weighted by atomic mass is 32.2. The van der Waals surface area contributed by atoms with Crippen LogP contribution in [0.3, 0.4) is 0 Å². The number of nitrogens with zero attached hydrogens (tertiary/aromatic N) is 1. The van der Waals surface area contributed by atoms with E-state index in [1.165, 1.54) is 40.9 Å². The Labute approximate surface area is 120 Å². The summed E-state index contributed by atoms with van der Waals surface area (Å²) in [7, 11) is 3.22. The second-order valence-corrected chi connectivity index (χ2v) is 5.51. The Morgan fingerprint density at radius 2 is 1.60 bits per heavy atom. The molecule has 0 bridgehead atoms. The lowest BCUT2D eigenvalue weighted by molar-refractivity contribution is 0.0824. The van der Waals surface area contributed by atoms with E-state index in [1.54, 1.807) is 32.3 Å². The van der Waals surface area contributed by atoms with Gasteiger partial charge in [0.15, 0.2) is 0 Å². The Kier molecular flexibility index (Phi) is 4.39. The molecule has 0 saturated heterocycles.